The van der Waals surface area contributed by atoms with Gasteiger partial charge in [0.05, 0.1) is 12.8 Å². The summed E-state index contributed by atoms with van der Waals surface area (Å²) in [6, 6.07) is 17.0. The number of aromatic nitrogens is 4. The van der Waals surface area contributed by atoms with Gasteiger partial charge in [0.1, 0.15) is 23.6 Å². The third kappa shape index (κ3) is 4.18. The Morgan fingerprint density at radius 1 is 1.06 bits per heavy atom. The zero-order valence-electron chi connectivity index (χ0n) is 17.6. The summed E-state index contributed by atoms with van der Waals surface area (Å²) < 4.78 is 7.86. The molecule has 0 saturated heterocycles. The van der Waals surface area contributed by atoms with Gasteiger partial charge in [-0.05, 0) is 55.3 Å². The average Bonchev–Trinajstić information content (AvgIpc) is 3.23. The molecule has 1 amide bonds. The van der Waals surface area contributed by atoms with Crippen LogP contribution in [0.3, 0.4) is 0 Å². The van der Waals surface area contributed by atoms with E-state index in [1.165, 1.54) is 9.20 Å². The van der Waals surface area contributed by atoms with E-state index < -0.39 is 0 Å². The SMILES string of the molecule is COc1ccc(-c2cc3c(=O)n(CC(=O)NCc4ccccc4C)nc(C)n3n2)cc1. The van der Waals surface area contributed by atoms with Crippen molar-refractivity contribution in [3.63, 3.8) is 0 Å². The summed E-state index contributed by atoms with van der Waals surface area (Å²) in [5, 5.41) is 11.6. The lowest BCUT2D eigenvalue weighted by molar-refractivity contribution is -0.122. The molecule has 158 valence electrons. The van der Waals surface area contributed by atoms with Gasteiger partial charge in [-0.2, -0.15) is 10.2 Å². The Hall–Kier alpha value is -3.94. The molecule has 0 aliphatic heterocycles. The molecule has 2 heterocycles. The second-order valence-corrected chi connectivity index (χ2v) is 7.27. The van der Waals surface area contributed by atoms with Crippen LogP contribution in [0.4, 0.5) is 0 Å². The minimum absolute atomic E-state index is 0.162. The molecule has 0 fully saturated rings. The molecule has 0 atom stereocenters. The number of nitrogens with one attached hydrogen (secondary N) is 1. The van der Waals surface area contributed by atoms with Crippen molar-refractivity contribution in [2.24, 2.45) is 0 Å². The number of benzene rings is 2. The molecule has 2 aromatic heterocycles. The van der Waals surface area contributed by atoms with Crippen LogP contribution in [-0.4, -0.2) is 32.4 Å². The summed E-state index contributed by atoms with van der Waals surface area (Å²) >= 11 is 0. The summed E-state index contributed by atoms with van der Waals surface area (Å²) in [7, 11) is 1.61. The highest BCUT2D eigenvalue weighted by molar-refractivity contribution is 5.75. The number of carbonyl (C=O) groups excluding carboxylic acids is 1. The van der Waals surface area contributed by atoms with Crippen molar-refractivity contribution < 1.29 is 9.53 Å². The van der Waals surface area contributed by atoms with E-state index in [9.17, 15) is 9.59 Å². The maximum absolute atomic E-state index is 12.9. The molecular weight excluding hydrogens is 394 g/mol. The van der Waals surface area contributed by atoms with E-state index >= 15 is 0 Å². The molecule has 4 aromatic rings. The lowest BCUT2D eigenvalue weighted by Crippen LogP contribution is -2.34. The summed E-state index contributed by atoms with van der Waals surface area (Å²) in [5.74, 6) is 0.974. The predicted molar refractivity (Wildman–Crippen MR) is 117 cm³/mol. The number of methoxy groups -OCH3 is 1. The van der Waals surface area contributed by atoms with Crippen molar-refractivity contribution in [2.45, 2.75) is 26.9 Å². The van der Waals surface area contributed by atoms with Gasteiger partial charge in [-0.3, -0.25) is 9.59 Å². The van der Waals surface area contributed by atoms with Gasteiger partial charge in [0.25, 0.3) is 5.56 Å². The van der Waals surface area contributed by atoms with Gasteiger partial charge in [0.15, 0.2) is 0 Å². The maximum Gasteiger partial charge on any atom is 0.293 e. The number of ether oxygens (including phenoxy) is 1. The summed E-state index contributed by atoms with van der Waals surface area (Å²) in [4.78, 5) is 25.4. The van der Waals surface area contributed by atoms with Gasteiger partial charge >= 0.3 is 0 Å². The molecule has 1 N–H and O–H groups in total. The second kappa shape index (κ2) is 8.43. The van der Waals surface area contributed by atoms with Gasteiger partial charge in [-0.25, -0.2) is 9.20 Å². The molecule has 0 bridgehead atoms. The van der Waals surface area contributed by atoms with E-state index in [0.29, 0.717) is 23.6 Å². The molecule has 31 heavy (non-hydrogen) atoms. The fourth-order valence-corrected chi connectivity index (χ4v) is 3.38. The molecule has 0 unspecified atom stereocenters. The number of rotatable bonds is 6. The zero-order chi connectivity index (χ0) is 22.0. The highest BCUT2D eigenvalue weighted by Crippen LogP contribution is 2.22. The average molecular weight is 417 g/mol. The quantitative estimate of drug-likeness (QED) is 0.521. The monoisotopic (exact) mass is 417 g/mol. The lowest BCUT2D eigenvalue weighted by atomic mass is 10.1. The molecule has 2 aromatic carbocycles. The normalized spacial score (nSPS) is 10.9. The van der Waals surface area contributed by atoms with Crippen LogP contribution >= 0.6 is 0 Å². The van der Waals surface area contributed by atoms with Gasteiger partial charge < -0.3 is 10.1 Å². The molecule has 0 spiro atoms. The van der Waals surface area contributed by atoms with Gasteiger partial charge in [-0.15, -0.1) is 0 Å². The van der Waals surface area contributed by atoms with E-state index in [1.807, 2.05) is 55.5 Å². The van der Waals surface area contributed by atoms with E-state index in [0.717, 1.165) is 22.4 Å². The van der Waals surface area contributed by atoms with Crippen molar-refractivity contribution in [1.29, 1.82) is 0 Å². The van der Waals surface area contributed by atoms with Crippen molar-refractivity contribution in [3.8, 4) is 17.0 Å². The summed E-state index contributed by atoms with van der Waals surface area (Å²) in [6.07, 6.45) is 0. The third-order valence-electron chi connectivity index (χ3n) is 5.15. The molecule has 8 heteroatoms. The molecular formula is C23H23N5O3. The number of hydrogen-bond acceptors (Lipinski definition) is 5. The Morgan fingerprint density at radius 3 is 2.52 bits per heavy atom. The van der Waals surface area contributed by atoms with E-state index in [2.05, 4.69) is 15.5 Å². The van der Waals surface area contributed by atoms with Crippen molar-refractivity contribution in [1.82, 2.24) is 24.7 Å². The first-order valence-electron chi connectivity index (χ1n) is 9.89. The number of nitrogens with zero attached hydrogens (tertiary/aromatic N) is 4. The molecule has 0 aliphatic rings. The third-order valence-corrected chi connectivity index (χ3v) is 5.15. The number of aryl methyl sites for hydroxylation is 2. The number of hydrogen-bond donors (Lipinski definition) is 1. The number of amides is 1. The molecule has 0 radical (unpaired) electrons. The Labute approximate surface area is 179 Å². The molecule has 0 saturated carbocycles. The minimum atomic E-state index is -0.371. The van der Waals surface area contributed by atoms with Gasteiger partial charge in [0.2, 0.25) is 5.91 Å². The number of carbonyl (C=O) groups is 1. The largest absolute Gasteiger partial charge is 0.497 e. The highest BCUT2D eigenvalue weighted by Gasteiger charge is 2.15. The first-order valence-corrected chi connectivity index (χ1v) is 9.89. The predicted octanol–water partition coefficient (Wildman–Crippen LogP) is 2.50. The zero-order valence-corrected chi connectivity index (χ0v) is 17.6. The highest BCUT2D eigenvalue weighted by atomic mass is 16.5. The molecule has 0 aliphatic carbocycles. The van der Waals surface area contributed by atoms with Crippen LogP contribution in [0.25, 0.3) is 16.8 Å². The van der Waals surface area contributed by atoms with Crippen molar-refractivity contribution in [3.05, 3.63) is 81.9 Å². The Bertz CT molecular complexity index is 1310. The maximum atomic E-state index is 12.9. The van der Waals surface area contributed by atoms with Crippen LogP contribution in [0, 0.1) is 13.8 Å². The van der Waals surface area contributed by atoms with E-state index in [4.69, 9.17) is 4.74 Å². The Balaban J connectivity index is 1.57. The Kier molecular flexibility index (Phi) is 5.53. The van der Waals surface area contributed by atoms with E-state index in [-0.39, 0.29) is 18.0 Å². The van der Waals surface area contributed by atoms with Crippen LogP contribution in [0.15, 0.2) is 59.4 Å². The van der Waals surface area contributed by atoms with E-state index in [1.54, 1.807) is 20.1 Å². The van der Waals surface area contributed by atoms with Crippen molar-refractivity contribution >= 4 is 11.4 Å². The van der Waals surface area contributed by atoms with Crippen molar-refractivity contribution in [2.75, 3.05) is 7.11 Å². The van der Waals surface area contributed by atoms with Gasteiger partial charge in [-0.1, -0.05) is 24.3 Å². The smallest absolute Gasteiger partial charge is 0.293 e. The first-order chi connectivity index (χ1) is 15.0. The van der Waals surface area contributed by atoms with Crippen LogP contribution in [0.1, 0.15) is 17.0 Å². The Morgan fingerprint density at radius 2 is 1.81 bits per heavy atom. The lowest BCUT2D eigenvalue weighted by Gasteiger charge is -2.09. The summed E-state index contributed by atoms with van der Waals surface area (Å²) in [5.41, 5.74) is 3.62. The van der Waals surface area contributed by atoms with Gasteiger partial charge in [0, 0.05) is 12.1 Å². The summed E-state index contributed by atoms with van der Waals surface area (Å²) in [6.45, 7) is 3.98. The second-order valence-electron chi connectivity index (χ2n) is 7.27. The first kappa shape index (κ1) is 20.3. The molecule has 8 nitrogen and oxygen atoms in total. The van der Waals surface area contributed by atoms with Crippen LogP contribution in [-0.2, 0) is 17.9 Å². The fraction of sp³-hybridized carbons (Fsp3) is 0.217. The number of fused-ring (bicyclic) bond motifs is 1. The van der Waals surface area contributed by atoms with Crippen LogP contribution in [0.2, 0.25) is 0 Å². The topological polar surface area (TPSA) is 90.5 Å². The minimum Gasteiger partial charge on any atom is -0.497 e. The standard InChI is InChI=1S/C23H23N5O3/c1-15-6-4-5-7-18(15)13-24-22(29)14-27-23(30)21-12-20(26-28(21)16(2)25-27)17-8-10-19(31-3)11-9-17/h4-12H,13-14H2,1-3H3,(H,24,29). The van der Waals surface area contributed by atoms with Crippen LogP contribution in [0.5, 0.6) is 5.75 Å². The fourth-order valence-electron chi connectivity index (χ4n) is 3.38. The van der Waals surface area contributed by atoms with Crippen LogP contribution < -0.4 is 15.6 Å². The molecule has 4 rings (SSSR count).